The maximum atomic E-state index is 11.9. The van der Waals surface area contributed by atoms with Crippen molar-refractivity contribution in [3.05, 3.63) is 47.7 Å². The van der Waals surface area contributed by atoms with Crippen molar-refractivity contribution in [3.63, 3.8) is 0 Å². The molecular formula is C12H14N4O. The number of aromatic amines is 1. The Morgan fingerprint density at radius 2 is 2.12 bits per heavy atom. The van der Waals surface area contributed by atoms with Gasteiger partial charge in [0.15, 0.2) is 0 Å². The van der Waals surface area contributed by atoms with Gasteiger partial charge in [0.2, 0.25) is 5.91 Å². The van der Waals surface area contributed by atoms with Crippen LogP contribution in [-0.2, 0) is 4.79 Å². The van der Waals surface area contributed by atoms with Crippen molar-refractivity contribution in [1.82, 2.24) is 10.2 Å². The monoisotopic (exact) mass is 230 g/mol. The largest absolute Gasteiger partial charge is 0.316 e. The number of aromatic nitrogens is 2. The topological polar surface area (TPSA) is 83.8 Å². The Hall–Kier alpha value is -2.14. The predicted molar refractivity (Wildman–Crippen MR) is 65.3 cm³/mol. The molecule has 0 spiro atoms. The van der Waals surface area contributed by atoms with Gasteiger partial charge in [-0.2, -0.15) is 5.10 Å². The molecule has 1 aromatic carbocycles. The lowest BCUT2D eigenvalue weighted by Gasteiger charge is -2.11. The number of hydrogen-bond donors (Lipinski definition) is 3. The zero-order valence-electron chi connectivity index (χ0n) is 9.47. The summed E-state index contributed by atoms with van der Waals surface area (Å²) >= 11 is 0. The molecule has 0 aliphatic carbocycles. The highest BCUT2D eigenvalue weighted by atomic mass is 16.2. The molecule has 1 amide bonds. The van der Waals surface area contributed by atoms with Gasteiger partial charge in [-0.05, 0) is 12.5 Å². The smallest absolute Gasteiger partial charge is 0.247 e. The molecule has 0 fully saturated rings. The van der Waals surface area contributed by atoms with Crippen LogP contribution in [0.4, 0.5) is 5.82 Å². The van der Waals surface area contributed by atoms with Gasteiger partial charge in [-0.15, -0.1) is 0 Å². The zero-order valence-corrected chi connectivity index (χ0v) is 9.47. The predicted octanol–water partition coefficient (Wildman–Crippen LogP) is 1.36. The molecule has 2 rings (SSSR count). The third-order valence-electron chi connectivity index (χ3n) is 2.52. The van der Waals surface area contributed by atoms with Crippen LogP contribution >= 0.6 is 0 Å². The number of amides is 1. The third kappa shape index (κ3) is 2.51. The van der Waals surface area contributed by atoms with Crippen LogP contribution in [0, 0.1) is 6.92 Å². The Bertz CT molecular complexity index is 506. The van der Waals surface area contributed by atoms with Crippen molar-refractivity contribution in [2.24, 2.45) is 5.73 Å². The SMILES string of the molecule is Cc1cn[nH]c1NC(=O)[C@H](N)c1ccccc1. The van der Waals surface area contributed by atoms with E-state index in [2.05, 4.69) is 15.5 Å². The number of nitrogens with one attached hydrogen (secondary N) is 2. The van der Waals surface area contributed by atoms with Gasteiger partial charge in [-0.3, -0.25) is 9.89 Å². The molecule has 0 unspecified atom stereocenters. The fraction of sp³-hybridized carbons (Fsp3) is 0.167. The number of carbonyl (C=O) groups is 1. The molecule has 0 aliphatic heterocycles. The van der Waals surface area contributed by atoms with E-state index in [-0.39, 0.29) is 5.91 Å². The highest BCUT2D eigenvalue weighted by Gasteiger charge is 2.16. The summed E-state index contributed by atoms with van der Waals surface area (Å²) in [6, 6.07) is 8.55. The number of carbonyl (C=O) groups excluding carboxylic acids is 1. The fourth-order valence-corrected chi connectivity index (χ4v) is 1.49. The minimum Gasteiger partial charge on any atom is -0.316 e. The minimum absolute atomic E-state index is 0.261. The summed E-state index contributed by atoms with van der Waals surface area (Å²) in [6.45, 7) is 1.85. The van der Waals surface area contributed by atoms with E-state index in [1.807, 2.05) is 37.3 Å². The summed E-state index contributed by atoms with van der Waals surface area (Å²) in [4.78, 5) is 11.9. The van der Waals surface area contributed by atoms with E-state index < -0.39 is 6.04 Å². The normalized spacial score (nSPS) is 12.1. The summed E-state index contributed by atoms with van der Waals surface area (Å²) in [5.74, 6) is 0.324. The van der Waals surface area contributed by atoms with Crippen LogP contribution in [0.3, 0.4) is 0 Å². The number of nitrogens with two attached hydrogens (primary N) is 1. The minimum atomic E-state index is -0.682. The highest BCUT2D eigenvalue weighted by molar-refractivity contribution is 5.95. The maximum absolute atomic E-state index is 11.9. The summed E-state index contributed by atoms with van der Waals surface area (Å²) in [6.07, 6.45) is 1.64. The quantitative estimate of drug-likeness (QED) is 0.744. The van der Waals surface area contributed by atoms with Gasteiger partial charge in [0.25, 0.3) is 0 Å². The Morgan fingerprint density at radius 1 is 1.41 bits per heavy atom. The highest BCUT2D eigenvalue weighted by Crippen LogP contribution is 2.14. The molecule has 5 nitrogen and oxygen atoms in total. The van der Waals surface area contributed by atoms with Crippen LogP contribution < -0.4 is 11.1 Å². The lowest BCUT2D eigenvalue weighted by atomic mass is 10.1. The first-order chi connectivity index (χ1) is 8.18. The molecule has 17 heavy (non-hydrogen) atoms. The summed E-state index contributed by atoms with van der Waals surface area (Å²) in [7, 11) is 0. The van der Waals surface area contributed by atoms with Crippen molar-refractivity contribution in [1.29, 1.82) is 0 Å². The average molecular weight is 230 g/mol. The Labute approximate surface area is 99.0 Å². The first kappa shape index (κ1) is 11.3. The molecule has 2 aromatic rings. The number of anilines is 1. The molecule has 1 aromatic heterocycles. The number of benzene rings is 1. The summed E-state index contributed by atoms with van der Waals surface area (Å²) in [5.41, 5.74) is 7.51. The number of rotatable bonds is 3. The van der Waals surface area contributed by atoms with Gasteiger partial charge in [-0.1, -0.05) is 30.3 Å². The Balaban J connectivity index is 2.09. The van der Waals surface area contributed by atoms with Crippen LogP contribution in [-0.4, -0.2) is 16.1 Å². The van der Waals surface area contributed by atoms with Gasteiger partial charge in [0.1, 0.15) is 11.9 Å². The van der Waals surface area contributed by atoms with Gasteiger partial charge in [-0.25, -0.2) is 0 Å². The van der Waals surface area contributed by atoms with Crippen LogP contribution in [0.5, 0.6) is 0 Å². The second-order valence-corrected chi connectivity index (χ2v) is 3.81. The summed E-state index contributed by atoms with van der Waals surface area (Å²) < 4.78 is 0. The van der Waals surface area contributed by atoms with E-state index in [4.69, 9.17) is 5.73 Å². The van der Waals surface area contributed by atoms with Gasteiger partial charge >= 0.3 is 0 Å². The molecule has 88 valence electrons. The maximum Gasteiger partial charge on any atom is 0.247 e. The van der Waals surface area contributed by atoms with Crippen molar-refractivity contribution >= 4 is 11.7 Å². The molecule has 0 radical (unpaired) electrons. The number of hydrogen-bond acceptors (Lipinski definition) is 3. The van der Waals surface area contributed by atoms with Crippen molar-refractivity contribution in [2.75, 3.05) is 5.32 Å². The van der Waals surface area contributed by atoms with Gasteiger partial charge in [0.05, 0.1) is 6.20 Å². The third-order valence-corrected chi connectivity index (χ3v) is 2.52. The molecule has 4 N–H and O–H groups in total. The Kier molecular flexibility index (Phi) is 3.20. The fourth-order valence-electron chi connectivity index (χ4n) is 1.49. The molecule has 1 heterocycles. The molecular weight excluding hydrogens is 216 g/mol. The molecule has 0 bridgehead atoms. The standard InChI is InChI=1S/C12H14N4O/c1-8-7-14-16-11(8)15-12(17)10(13)9-5-3-2-4-6-9/h2-7,10H,13H2,1H3,(H2,14,15,16,17)/t10-/m1/s1. The van der Waals surface area contributed by atoms with Crippen LogP contribution in [0.2, 0.25) is 0 Å². The van der Waals surface area contributed by atoms with Crippen molar-refractivity contribution in [2.45, 2.75) is 13.0 Å². The van der Waals surface area contributed by atoms with E-state index >= 15 is 0 Å². The van der Waals surface area contributed by atoms with Crippen LogP contribution in [0.15, 0.2) is 36.5 Å². The first-order valence-electron chi connectivity index (χ1n) is 5.30. The van der Waals surface area contributed by atoms with Gasteiger partial charge in [0, 0.05) is 5.56 Å². The van der Waals surface area contributed by atoms with Crippen molar-refractivity contribution < 1.29 is 4.79 Å². The second-order valence-electron chi connectivity index (χ2n) is 3.81. The molecule has 0 aliphatic rings. The molecule has 0 saturated heterocycles. The molecule has 1 atom stereocenters. The zero-order chi connectivity index (χ0) is 12.3. The average Bonchev–Trinajstić information content (AvgIpc) is 2.75. The second kappa shape index (κ2) is 4.80. The van der Waals surface area contributed by atoms with Crippen LogP contribution in [0.25, 0.3) is 0 Å². The Morgan fingerprint density at radius 3 is 2.71 bits per heavy atom. The number of H-pyrrole nitrogens is 1. The number of aryl methyl sites for hydroxylation is 1. The molecule has 5 heteroatoms. The van der Waals surface area contributed by atoms with E-state index in [0.29, 0.717) is 5.82 Å². The van der Waals surface area contributed by atoms with Crippen molar-refractivity contribution in [3.8, 4) is 0 Å². The summed E-state index contributed by atoms with van der Waals surface area (Å²) in [5, 5.41) is 9.24. The van der Waals surface area contributed by atoms with E-state index in [9.17, 15) is 4.79 Å². The van der Waals surface area contributed by atoms with E-state index in [1.54, 1.807) is 6.20 Å². The van der Waals surface area contributed by atoms with Crippen LogP contribution in [0.1, 0.15) is 17.2 Å². The molecule has 0 saturated carbocycles. The van der Waals surface area contributed by atoms with E-state index in [0.717, 1.165) is 11.1 Å². The lowest BCUT2D eigenvalue weighted by molar-refractivity contribution is -0.117. The van der Waals surface area contributed by atoms with E-state index in [1.165, 1.54) is 0 Å². The lowest BCUT2D eigenvalue weighted by Crippen LogP contribution is -2.28. The van der Waals surface area contributed by atoms with Gasteiger partial charge < -0.3 is 11.1 Å². The first-order valence-corrected chi connectivity index (χ1v) is 5.30. The number of nitrogens with zero attached hydrogens (tertiary/aromatic N) is 1.